The van der Waals surface area contributed by atoms with E-state index >= 15 is 0 Å². The van der Waals surface area contributed by atoms with Crippen molar-refractivity contribution in [2.45, 2.75) is 13.5 Å². The van der Waals surface area contributed by atoms with Crippen molar-refractivity contribution >= 4 is 5.97 Å². The summed E-state index contributed by atoms with van der Waals surface area (Å²) in [7, 11) is 0. The number of carbonyl (C=O) groups is 1. The maximum absolute atomic E-state index is 13.0. The first kappa shape index (κ1) is 14.8. The molecule has 0 bridgehead atoms. The molecule has 0 amide bonds. The van der Waals surface area contributed by atoms with Crippen molar-refractivity contribution < 1.29 is 18.4 Å². The van der Waals surface area contributed by atoms with E-state index in [9.17, 15) is 9.18 Å². The van der Waals surface area contributed by atoms with Gasteiger partial charge in [-0.2, -0.15) is 0 Å². The third kappa shape index (κ3) is 3.23. The Kier molecular flexibility index (Phi) is 4.09. The highest BCUT2D eigenvalue weighted by atomic mass is 19.1. The van der Waals surface area contributed by atoms with Gasteiger partial charge in [0.25, 0.3) is 0 Å². The Balaban J connectivity index is 1.72. The van der Waals surface area contributed by atoms with E-state index in [2.05, 4.69) is 15.1 Å². The second-order valence-electron chi connectivity index (χ2n) is 4.76. The summed E-state index contributed by atoms with van der Waals surface area (Å²) in [5.41, 5.74) is 2.03. The van der Waals surface area contributed by atoms with Crippen molar-refractivity contribution in [1.82, 2.24) is 15.1 Å². The van der Waals surface area contributed by atoms with Gasteiger partial charge in [0.2, 0.25) is 0 Å². The van der Waals surface area contributed by atoms with Crippen molar-refractivity contribution in [3.8, 4) is 11.3 Å². The van der Waals surface area contributed by atoms with E-state index in [1.54, 1.807) is 19.1 Å². The molecule has 0 unspecified atom stereocenters. The Morgan fingerprint density at radius 2 is 2.04 bits per heavy atom. The largest absolute Gasteiger partial charge is 0.454 e. The maximum atomic E-state index is 13.0. The second-order valence-corrected chi connectivity index (χ2v) is 4.76. The number of hydrogen-bond acceptors (Lipinski definition) is 6. The second kappa shape index (κ2) is 6.35. The van der Waals surface area contributed by atoms with Crippen LogP contribution in [0, 0.1) is 12.7 Å². The molecule has 0 aliphatic carbocycles. The Morgan fingerprint density at radius 3 is 2.74 bits per heavy atom. The number of ether oxygens (including phenoxy) is 1. The van der Waals surface area contributed by atoms with Gasteiger partial charge >= 0.3 is 5.97 Å². The molecular formula is C16H12FN3O3. The van der Waals surface area contributed by atoms with E-state index in [4.69, 9.17) is 9.26 Å². The molecule has 3 aromatic rings. The fourth-order valence-corrected chi connectivity index (χ4v) is 1.99. The number of rotatable bonds is 4. The summed E-state index contributed by atoms with van der Waals surface area (Å²) >= 11 is 0. The van der Waals surface area contributed by atoms with Gasteiger partial charge in [-0.15, -0.1) is 0 Å². The number of nitrogens with zero attached hydrogens (tertiary/aromatic N) is 3. The minimum Gasteiger partial charge on any atom is -0.454 e. The Morgan fingerprint density at radius 1 is 1.26 bits per heavy atom. The van der Waals surface area contributed by atoms with Crippen LogP contribution in [0.5, 0.6) is 0 Å². The number of halogens is 1. The molecule has 0 N–H and O–H groups in total. The van der Waals surface area contributed by atoms with Crippen LogP contribution in [-0.4, -0.2) is 21.1 Å². The van der Waals surface area contributed by atoms with E-state index < -0.39 is 5.97 Å². The van der Waals surface area contributed by atoms with Gasteiger partial charge in [0.05, 0.1) is 6.20 Å². The summed E-state index contributed by atoms with van der Waals surface area (Å²) in [6, 6.07) is 5.87. The molecule has 0 aliphatic rings. The molecule has 0 atom stereocenters. The minimum absolute atomic E-state index is 0.0497. The number of benzene rings is 1. The third-order valence-electron chi connectivity index (χ3n) is 3.24. The molecule has 0 aliphatic heterocycles. The topological polar surface area (TPSA) is 78.1 Å². The van der Waals surface area contributed by atoms with E-state index in [1.165, 1.54) is 30.7 Å². The van der Waals surface area contributed by atoms with Gasteiger partial charge in [0.15, 0.2) is 11.5 Å². The summed E-state index contributed by atoms with van der Waals surface area (Å²) in [5, 5.41) is 3.90. The zero-order chi connectivity index (χ0) is 16.2. The third-order valence-corrected chi connectivity index (χ3v) is 3.24. The number of esters is 1. The van der Waals surface area contributed by atoms with Gasteiger partial charge in [0.1, 0.15) is 18.1 Å². The maximum Gasteiger partial charge on any atom is 0.358 e. The molecule has 0 spiro atoms. The van der Waals surface area contributed by atoms with Crippen molar-refractivity contribution in [2.75, 3.05) is 0 Å². The highest BCUT2D eigenvalue weighted by Crippen LogP contribution is 2.26. The first-order chi connectivity index (χ1) is 11.1. The lowest BCUT2D eigenvalue weighted by atomic mass is 10.1. The van der Waals surface area contributed by atoms with Crippen molar-refractivity contribution in [3.63, 3.8) is 0 Å². The average Bonchev–Trinajstić information content (AvgIpc) is 2.95. The molecule has 0 radical (unpaired) electrons. The number of aromatic nitrogens is 3. The van der Waals surface area contributed by atoms with Crippen molar-refractivity contribution in [1.29, 1.82) is 0 Å². The van der Waals surface area contributed by atoms with Gasteiger partial charge in [-0.05, 0) is 31.2 Å². The average molecular weight is 313 g/mol. The molecule has 3 rings (SSSR count). The Hall–Kier alpha value is -3.09. The zero-order valence-corrected chi connectivity index (χ0v) is 12.2. The van der Waals surface area contributed by atoms with Gasteiger partial charge in [-0.25, -0.2) is 14.2 Å². The predicted octanol–water partition coefficient (Wildman–Crippen LogP) is 2.94. The Labute approximate surface area is 130 Å². The number of hydrogen-bond donors (Lipinski definition) is 0. The van der Waals surface area contributed by atoms with Gasteiger partial charge < -0.3 is 9.26 Å². The number of carbonyl (C=O) groups excluding carboxylic acids is 1. The van der Waals surface area contributed by atoms with Crippen LogP contribution in [0.1, 0.15) is 21.7 Å². The van der Waals surface area contributed by atoms with Crippen LogP contribution in [0.4, 0.5) is 4.39 Å². The van der Waals surface area contributed by atoms with E-state index in [1.807, 2.05) is 0 Å². The van der Waals surface area contributed by atoms with Crippen LogP contribution in [0.15, 0.2) is 47.4 Å². The first-order valence-electron chi connectivity index (χ1n) is 6.79. The first-order valence-corrected chi connectivity index (χ1v) is 6.79. The van der Waals surface area contributed by atoms with Gasteiger partial charge in [-0.3, -0.25) is 4.98 Å². The van der Waals surface area contributed by atoms with Crippen molar-refractivity contribution in [2.24, 2.45) is 0 Å². The molecule has 0 saturated carbocycles. The quantitative estimate of drug-likeness (QED) is 0.689. The highest BCUT2D eigenvalue weighted by molar-refractivity contribution is 5.86. The van der Waals surface area contributed by atoms with Crippen LogP contribution in [-0.2, 0) is 11.3 Å². The SMILES string of the molecule is Cc1c(COC(=O)c2cnccn2)noc1-c1ccc(F)cc1. The van der Waals surface area contributed by atoms with Crippen LogP contribution in [0.2, 0.25) is 0 Å². The van der Waals surface area contributed by atoms with E-state index in [0.717, 1.165) is 5.56 Å². The van der Waals surface area contributed by atoms with Crippen LogP contribution in [0.25, 0.3) is 11.3 Å². The van der Waals surface area contributed by atoms with Crippen molar-refractivity contribution in [3.05, 3.63) is 65.6 Å². The van der Waals surface area contributed by atoms with Gasteiger partial charge in [0, 0.05) is 23.5 Å². The lowest BCUT2D eigenvalue weighted by Gasteiger charge is -2.02. The molecule has 2 aromatic heterocycles. The van der Waals surface area contributed by atoms with Crippen LogP contribution >= 0.6 is 0 Å². The molecule has 23 heavy (non-hydrogen) atoms. The van der Waals surface area contributed by atoms with Crippen LogP contribution < -0.4 is 0 Å². The molecule has 116 valence electrons. The molecule has 7 heteroatoms. The predicted molar refractivity (Wildman–Crippen MR) is 77.8 cm³/mol. The summed E-state index contributed by atoms with van der Waals surface area (Å²) in [5.74, 6) is -0.413. The van der Waals surface area contributed by atoms with E-state index in [0.29, 0.717) is 17.0 Å². The molecule has 2 heterocycles. The molecule has 0 saturated heterocycles. The van der Waals surface area contributed by atoms with Crippen LogP contribution in [0.3, 0.4) is 0 Å². The summed E-state index contributed by atoms with van der Waals surface area (Å²) in [4.78, 5) is 19.5. The fourth-order valence-electron chi connectivity index (χ4n) is 1.99. The smallest absolute Gasteiger partial charge is 0.358 e. The lowest BCUT2D eigenvalue weighted by molar-refractivity contribution is 0.0456. The minimum atomic E-state index is -0.594. The molecule has 0 fully saturated rings. The molecule has 1 aromatic carbocycles. The van der Waals surface area contributed by atoms with E-state index in [-0.39, 0.29) is 18.1 Å². The lowest BCUT2D eigenvalue weighted by Crippen LogP contribution is -2.08. The Bertz CT molecular complexity index is 816. The monoisotopic (exact) mass is 313 g/mol. The summed E-state index contributed by atoms with van der Waals surface area (Å²) < 4.78 is 23.4. The molecular weight excluding hydrogens is 301 g/mol. The van der Waals surface area contributed by atoms with Gasteiger partial charge in [-0.1, -0.05) is 5.16 Å². The summed E-state index contributed by atoms with van der Waals surface area (Å²) in [6.45, 7) is 1.74. The fraction of sp³-hybridized carbons (Fsp3) is 0.125. The zero-order valence-electron chi connectivity index (χ0n) is 12.2. The summed E-state index contributed by atoms with van der Waals surface area (Å²) in [6.07, 6.45) is 4.19. The normalized spacial score (nSPS) is 10.5. The standard InChI is InChI=1S/C16H12FN3O3/c1-10-14(9-22-16(21)13-8-18-6-7-19-13)20-23-15(10)11-2-4-12(17)5-3-11/h2-8H,9H2,1H3. The molecule has 6 nitrogen and oxygen atoms in total. The highest BCUT2D eigenvalue weighted by Gasteiger charge is 2.16.